The van der Waals surface area contributed by atoms with E-state index in [2.05, 4.69) is 6.92 Å². The molecule has 0 aromatic heterocycles. The maximum Gasteiger partial charge on any atom is 0.132 e. The minimum absolute atomic E-state index is 0.307. The van der Waals surface area contributed by atoms with Crippen LogP contribution in [-0.4, -0.2) is 11.6 Å². The first kappa shape index (κ1) is 12.3. The zero-order valence-corrected chi connectivity index (χ0v) is 8.77. The van der Waals surface area contributed by atoms with Crippen molar-refractivity contribution in [1.82, 2.24) is 0 Å². The second-order valence-electron chi connectivity index (χ2n) is 3.55. The Labute approximate surface area is 80.7 Å². The molecule has 1 saturated carbocycles. The molecule has 0 atom stereocenters. The highest BCUT2D eigenvalue weighted by molar-refractivity contribution is 5.80. The summed E-state index contributed by atoms with van der Waals surface area (Å²) < 4.78 is 0. The fraction of sp³-hybridized carbons (Fsp3) is 0.818. The van der Waals surface area contributed by atoms with Crippen molar-refractivity contribution in [2.75, 3.05) is 0 Å². The van der Waals surface area contributed by atoms with Crippen LogP contribution in [0.2, 0.25) is 0 Å². The minimum atomic E-state index is 0.307. The van der Waals surface area contributed by atoms with Crippen LogP contribution in [-0.2, 0) is 9.59 Å². The van der Waals surface area contributed by atoms with Gasteiger partial charge < -0.3 is 4.79 Å². The fourth-order valence-corrected chi connectivity index (χ4v) is 1.20. The second-order valence-corrected chi connectivity index (χ2v) is 3.55. The van der Waals surface area contributed by atoms with Gasteiger partial charge in [0.2, 0.25) is 0 Å². The van der Waals surface area contributed by atoms with Crippen LogP contribution in [0.4, 0.5) is 0 Å². The number of rotatable bonds is 3. The average molecular weight is 184 g/mol. The van der Waals surface area contributed by atoms with Gasteiger partial charge in [0.05, 0.1) is 0 Å². The molecule has 0 spiro atoms. The lowest BCUT2D eigenvalue weighted by Crippen LogP contribution is -1.86. The maximum absolute atomic E-state index is 10.2. The summed E-state index contributed by atoms with van der Waals surface area (Å²) in [6.45, 7) is 3.72. The molecule has 0 aromatic carbocycles. The van der Waals surface area contributed by atoms with Crippen LogP contribution in [0, 0.1) is 0 Å². The Hall–Kier alpha value is -0.660. The Morgan fingerprint density at radius 2 is 1.85 bits per heavy atom. The van der Waals surface area contributed by atoms with Crippen LogP contribution >= 0.6 is 0 Å². The highest BCUT2D eigenvalue weighted by atomic mass is 16.1. The van der Waals surface area contributed by atoms with Crippen molar-refractivity contribution in [2.24, 2.45) is 0 Å². The average Bonchev–Trinajstić information content (AvgIpc) is 2.53. The quantitative estimate of drug-likeness (QED) is 0.675. The van der Waals surface area contributed by atoms with Gasteiger partial charge in [0, 0.05) is 19.3 Å². The molecule has 0 N–H and O–H groups in total. The van der Waals surface area contributed by atoms with Crippen molar-refractivity contribution in [3.05, 3.63) is 0 Å². The number of carbonyl (C=O) groups excluding carboxylic acids is 2. The summed E-state index contributed by atoms with van der Waals surface area (Å²) in [5.74, 6) is 0.761. The molecular weight excluding hydrogens is 164 g/mol. The first-order valence-electron chi connectivity index (χ1n) is 5.18. The summed E-state index contributed by atoms with van der Waals surface area (Å²) in [6.07, 6.45) is 6.91. The largest absolute Gasteiger partial charge is 0.300 e. The lowest BCUT2D eigenvalue weighted by molar-refractivity contribution is -0.118. The van der Waals surface area contributed by atoms with Gasteiger partial charge in [-0.3, -0.25) is 4.79 Å². The van der Waals surface area contributed by atoms with Crippen LogP contribution in [0.15, 0.2) is 0 Å². The van der Waals surface area contributed by atoms with E-state index in [-0.39, 0.29) is 0 Å². The predicted molar refractivity (Wildman–Crippen MR) is 53.7 cm³/mol. The number of hydrogen-bond acceptors (Lipinski definition) is 2. The molecule has 1 fully saturated rings. The highest BCUT2D eigenvalue weighted by Crippen LogP contribution is 2.11. The smallest absolute Gasteiger partial charge is 0.132 e. The molecule has 1 aliphatic carbocycles. The zero-order chi connectivity index (χ0) is 10.1. The van der Waals surface area contributed by atoms with E-state index in [9.17, 15) is 9.59 Å². The van der Waals surface area contributed by atoms with Gasteiger partial charge >= 0.3 is 0 Å². The van der Waals surface area contributed by atoms with Crippen LogP contribution in [0.1, 0.15) is 58.8 Å². The standard InChI is InChI=1S/C6H12O.C5H8O/c1-3-4-5-6(2)7;6-5-3-1-2-4-5/h3-5H2,1-2H3;1-4H2. The molecule has 2 heteroatoms. The van der Waals surface area contributed by atoms with Crippen LogP contribution in [0.3, 0.4) is 0 Å². The number of hydrogen-bond donors (Lipinski definition) is 0. The number of ketones is 2. The van der Waals surface area contributed by atoms with Gasteiger partial charge in [0.15, 0.2) is 0 Å². The van der Waals surface area contributed by atoms with Crippen LogP contribution in [0.5, 0.6) is 0 Å². The molecule has 76 valence electrons. The molecule has 0 aliphatic heterocycles. The van der Waals surface area contributed by atoms with Crippen molar-refractivity contribution in [3.63, 3.8) is 0 Å². The number of Topliss-reactive ketones (excluding diaryl/α,β-unsaturated/α-hetero) is 2. The molecule has 0 heterocycles. The number of unbranched alkanes of at least 4 members (excludes halogenated alkanes) is 1. The number of carbonyl (C=O) groups is 2. The van der Waals surface area contributed by atoms with E-state index in [1.54, 1.807) is 6.92 Å². The zero-order valence-electron chi connectivity index (χ0n) is 8.77. The van der Waals surface area contributed by atoms with Gasteiger partial charge in [-0.25, -0.2) is 0 Å². The molecule has 0 aromatic rings. The van der Waals surface area contributed by atoms with E-state index in [1.807, 2.05) is 0 Å². The van der Waals surface area contributed by atoms with E-state index in [4.69, 9.17) is 0 Å². The van der Waals surface area contributed by atoms with E-state index >= 15 is 0 Å². The summed E-state index contributed by atoms with van der Waals surface area (Å²) in [6, 6.07) is 0. The Balaban J connectivity index is 0.000000223. The van der Waals surface area contributed by atoms with Gasteiger partial charge in [-0.15, -0.1) is 0 Å². The lowest BCUT2D eigenvalue weighted by Gasteiger charge is -1.86. The van der Waals surface area contributed by atoms with Crippen LogP contribution in [0.25, 0.3) is 0 Å². The van der Waals surface area contributed by atoms with Crippen molar-refractivity contribution in [3.8, 4) is 0 Å². The van der Waals surface area contributed by atoms with Gasteiger partial charge in [-0.2, -0.15) is 0 Å². The van der Waals surface area contributed by atoms with Gasteiger partial charge in [-0.1, -0.05) is 13.3 Å². The molecule has 1 aliphatic rings. The van der Waals surface area contributed by atoms with Crippen LogP contribution < -0.4 is 0 Å². The predicted octanol–water partition coefficient (Wildman–Crippen LogP) is 2.90. The van der Waals surface area contributed by atoms with E-state index in [0.29, 0.717) is 11.6 Å². The maximum atomic E-state index is 10.2. The summed E-state index contributed by atoms with van der Waals surface area (Å²) in [4.78, 5) is 20.4. The van der Waals surface area contributed by atoms with E-state index in [1.165, 1.54) is 0 Å². The molecule has 0 unspecified atom stereocenters. The summed E-state index contributed by atoms with van der Waals surface area (Å²) >= 11 is 0. The summed E-state index contributed by atoms with van der Waals surface area (Å²) in [5.41, 5.74) is 0. The molecule has 0 saturated heterocycles. The first-order valence-corrected chi connectivity index (χ1v) is 5.18. The summed E-state index contributed by atoms with van der Waals surface area (Å²) in [7, 11) is 0. The SMILES string of the molecule is CCCCC(C)=O.O=C1CCCC1. The van der Waals surface area contributed by atoms with Crippen molar-refractivity contribution in [2.45, 2.75) is 58.8 Å². The molecule has 13 heavy (non-hydrogen) atoms. The third-order valence-electron chi connectivity index (χ3n) is 2.04. The molecular formula is C11H20O2. The molecule has 1 rings (SSSR count). The van der Waals surface area contributed by atoms with Gasteiger partial charge in [0.25, 0.3) is 0 Å². The Bertz CT molecular complexity index is 153. The first-order chi connectivity index (χ1) is 6.16. The Morgan fingerprint density at radius 1 is 1.31 bits per heavy atom. The van der Waals surface area contributed by atoms with E-state index in [0.717, 1.165) is 44.9 Å². The van der Waals surface area contributed by atoms with Gasteiger partial charge in [0.1, 0.15) is 11.6 Å². The van der Waals surface area contributed by atoms with Crippen molar-refractivity contribution in [1.29, 1.82) is 0 Å². The van der Waals surface area contributed by atoms with Crippen molar-refractivity contribution < 1.29 is 9.59 Å². The fourth-order valence-electron chi connectivity index (χ4n) is 1.20. The molecule has 0 radical (unpaired) electrons. The minimum Gasteiger partial charge on any atom is -0.300 e. The van der Waals surface area contributed by atoms with Gasteiger partial charge in [-0.05, 0) is 26.2 Å². The molecule has 2 nitrogen and oxygen atoms in total. The topological polar surface area (TPSA) is 34.1 Å². The summed E-state index contributed by atoms with van der Waals surface area (Å²) in [5, 5.41) is 0. The normalized spacial score (nSPS) is 15.1. The highest BCUT2D eigenvalue weighted by Gasteiger charge is 2.07. The Kier molecular flexibility index (Phi) is 7.56. The van der Waals surface area contributed by atoms with Crippen molar-refractivity contribution >= 4 is 11.6 Å². The van der Waals surface area contributed by atoms with E-state index < -0.39 is 0 Å². The molecule has 0 amide bonds. The molecule has 0 bridgehead atoms. The third kappa shape index (κ3) is 9.25. The second kappa shape index (κ2) is 7.96. The lowest BCUT2D eigenvalue weighted by atomic mass is 10.2. The third-order valence-corrected chi connectivity index (χ3v) is 2.04. The Morgan fingerprint density at radius 3 is 2.00 bits per heavy atom. The monoisotopic (exact) mass is 184 g/mol.